The summed E-state index contributed by atoms with van der Waals surface area (Å²) < 4.78 is 12.4. The van der Waals surface area contributed by atoms with Crippen molar-refractivity contribution in [1.82, 2.24) is 0 Å². The second-order valence-electron chi connectivity index (χ2n) is 11.2. The maximum atomic E-state index is 12.4. The Hall–Kier alpha value is -1.68. The first-order chi connectivity index (χ1) is 17.4. The highest BCUT2D eigenvalue weighted by molar-refractivity contribution is 7.99. The van der Waals surface area contributed by atoms with E-state index in [0.29, 0.717) is 29.8 Å². The zero-order valence-electron chi connectivity index (χ0n) is 22.5. The lowest BCUT2D eigenvalue weighted by Crippen LogP contribution is -2.36. The van der Waals surface area contributed by atoms with E-state index in [9.17, 15) is 14.6 Å². The van der Waals surface area contributed by atoms with Gasteiger partial charge in [0, 0.05) is 16.1 Å². The highest BCUT2D eigenvalue weighted by atomic mass is 32.2. The quantitative estimate of drug-likeness (QED) is 0.261. The number of fused-ring (bicyclic) bond motifs is 1. The number of aromatic hydroxyl groups is 2. The average molecular weight is 515 g/mol. The van der Waals surface area contributed by atoms with E-state index in [1.807, 2.05) is 23.9 Å². The summed E-state index contributed by atoms with van der Waals surface area (Å²) >= 11 is 1.83. The Bertz CT molecular complexity index is 895. The first-order valence-corrected chi connectivity index (χ1v) is 15.2. The monoisotopic (exact) mass is 514 g/mol. The molecule has 4 rings (SSSR count). The molecule has 0 radical (unpaired) electrons. The van der Waals surface area contributed by atoms with Crippen molar-refractivity contribution >= 4 is 11.8 Å². The Morgan fingerprint density at radius 2 is 1.47 bits per heavy atom. The Labute approximate surface area is 223 Å². The largest absolute Gasteiger partial charge is 0.508 e. The Morgan fingerprint density at radius 1 is 0.861 bits per heavy atom. The molecule has 1 aliphatic carbocycles. The maximum Gasteiger partial charge on any atom is 0.116 e. The molecule has 1 fully saturated rings. The minimum atomic E-state index is -0.182. The summed E-state index contributed by atoms with van der Waals surface area (Å²) in [6, 6.07) is 13.6. The number of halogens is 1. The smallest absolute Gasteiger partial charge is 0.116 e. The molecule has 1 aliphatic heterocycles. The molecule has 2 aromatic rings. The summed E-state index contributed by atoms with van der Waals surface area (Å²) in [5.41, 5.74) is 2.62. The fourth-order valence-electron chi connectivity index (χ4n) is 5.26. The van der Waals surface area contributed by atoms with E-state index in [1.54, 1.807) is 12.1 Å². The molecule has 1 saturated carbocycles. The molecule has 2 nitrogen and oxygen atoms in total. The van der Waals surface area contributed by atoms with Crippen LogP contribution in [-0.2, 0) is 5.41 Å². The van der Waals surface area contributed by atoms with E-state index in [4.69, 9.17) is 0 Å². The van der Waals surface area contributed by atoms with E-state index in [-0.39, 0.29) is 12.1 Å². The molecule has 2 N–H and O–H groups in total. The fraction of sp³-hybridized carbons (Fsp3) is 0.625. The lowest BCUT2D eigenvalue weighted by molar-refractivity contribution is 0.369. The molecular formula is C32H47FO2S. The number of phenols is 2. The molecule has 1 heterocycles. The molecule has 2 aliphatic rings. The predicted molar refractivity (Wildman–Crippen MR) is 152 cm³/mol. The Morgan fingerprint density at radius 3 is 2.11 bits per heavy atom. The standard InChI is InChI=1S/C29H41FO2S.C3H6/c1-22(18-19-30)10-8-6-4-3-5-7-9-11-27-26-17-16-25(32)20-28(26)33-21-29(27,2)23-12-14-24(31)15-13-23;1-2-3-1/h12-17,20,22,27,31-32H,3-11,18-19,21H2,1-2H3;1-3H2/t22?,27?,29-;/m1./s1. The zero-order chi connectivity index (χ0) is 25.8. The van der Waals surface area contributed by atoms with E-state index < -0.39 is 0 Å². The van der Waals surface area contributed by atoms with Crippen LogP contribution in [-0.4, -0.2) is 22.6 Å². The van der Waals surface area contributed by atoms with Gasteiger partial charge >= 0.3 is 0 Å². The Kier molecular flexibility index (Phi) is 12.0. The van der Waals surface area contributed by atoms with Gasteiger partial charge < -0.3 is 10.2 Å². The molecule has 0 spiro atoms. The normalized spacial score (nSPS) is 21.2. The van der Waals surface area contributed by atoms with Crippen molar-refractivity contribution in [3.8, 4) is 11.5 Å². The summed E-state index contributed by atoms with van der Waals surface area (Å²) in [5, 5.41) is 19.8. The molecule has 0 aromatic heterocycles. The van der Waals surface area contributed by atoms with Gasteiger partial charge in [-0.3, -0.25) is 4.39 Å². The van der Waals surface area contributed by atoms with Gasteiger partial charge in [-0.15, -0.1) is 11.8 Å². The van der Waals surface area contributed by atoms with Crippen molar-refractivity contribution in [1.29, 1.82) is 0 Å². The summed E-state index contributed by atoms with van der Waals surface area (Å²) in [4.78, 5) is 1.21. The highest BCUT2D eigenvalue weighted by Gasteiger charge is 2.41. The van der Waals surface area contributed by atoms with Crippen molar-refractivity contribution in [2.24, 2.45) is 5.92 Å². The van der Waals surface area contributed by atoms with Gasteiger partial charge in [-0.2, -0.15) is 0 Å². The highest BCUT2D eigenvalue weighted by Crippen LogP contribution is 2.52. The van der Waals surface area contributed by atoms with E-state index in [0.717, 1.165) is 18.6 Å². The third-order valence-electron chi connectivity index (χ3n) is 7.84. The van der Waals surface area contributed by atoms with Crippen molar-refractivity contribution in [2.45, 2.75) is 114 Å². The predicted octanol–water partition coefficient (Wildman–Crippen LogP) is 9.92. The summed E-state index contributed by atoms with van der Waals surface area (Å²) in [6.45, 7) is 4.34. The number of thioether (sulfide) groups is 1. The van der Waals surface area contributed by atoms with Crippen LogP contribution in [0.5, 0.6) is 11.5 Å². The number of benzene rings is 2. The summed E-state index contributed by atoms with van der Waals surface area (Å²) in [6.07, 6.45) is 16.3. The van der Waals surface area contributed by atoms with Crippen LogP contribution in [0.3, 0.4) is 0 Å². The molecule has 0 amide bonds. The third kappa shape index (κ3) is 9.01. The van der Waals surface area contributed by atoms with Gasteiger partial charge in [0.25, 0.3) is 0 Å². The van der Waals surface area contributed by atoms with Gasteiger partial charge in [-0.25, -0.2) is 0 Å². The zero-order valence-corrected chi connectivity index (χ0v) is 23.3. The summed E-state index contributed by atoms with van der Waals surface area (Å²) in [5.74, 6) is 2.55. The van der Waals surface area contributed by atoms with Crippen molar-refractivity contribution in [3.05, 3.63) is 53.6 Å². The van der Waals surface area contributed by atoms with Gasteiger partial charge in [0.2, 0.25) is 0 Å². The van der Waals surface area contributed by atoms with Crippen molar-refractivity contribution < 1.29 is 14.6 Å². The molecule has 0 bridgehead atoms. The number of hydrogen-bond donors (Lipinski definition) is 2. The minimum Gasteiger partial charge on any atom is -0.508 e. The third-order valence-corrected chi connectivity index (χ3v) is 9.25. The van der Waals surface area contributed by atoms with Gasteiger partial charge in [0.1, 0.15) is 11.5 Å². The van der Waals surface area contributed by atoms with E-state index in [1.165, 1.54) is 80.2 Å². The van der Waals surface area contributed by atoms with Crippen LogP contribution in [0.15, 0.2) is 47.4 Å². The van der Waals surface area contributed by atoms with Crippen molar-refractivity contribution in [3.63, 3.8) is 0 Å². The summed E-state index contributed by atoms with van der Waals surface area (Å²) in [7, 11) is 0. The average Bonchev–Trinajstić information content (AvgIpc) is 3.74. The van der Waals surface area contributed by atoms with Crippen molar-refractivity contribution in [2.75, 3.05) is 12.4 Å². The molecule has 3 atom stereocenters. The van der Waals surface area contributed by atoms with Crippen LogP contribution in [0.1, 0.15) is 114 Å². The van der Waals surface area contributed by atoms with Gasteiger partial charge in [-0.1, -0.05) is 103 Å². The second kappa shape index (κ2) is 14.9. The first-order valence-electron chi connectivity index (χ1n) is 14.2. The topological polar surface area (TPSA) is 40.5 Å². The second-order valence-corrected chi connectivity index (χ2v) is 12.2. The number of hydrogen-bond acceptors (Lipinski definition) is 3. The number of unbranched alkanes of at least 4 members (excludes halogenated alkanes) is 6. The van der Waals surface area contributed by atoms with Gasteiger partial charge in [0.05, 0.1) is 6.67 Å². The molecule has 2 unspecified atom stereocenters. The van der Waals surface area contributed by atoms with E-state index >= 15 is 0 Å². The fourth-order valence-corrected chi connectivity index (χ4v) is 6.67. The molecule has 4 heteroatoms. The molecule has 2 aromatic carbocycles. The first kappa shape index (κ1) is 28.9. The van der Waals surface area contributed by atoms with E-state index in [2.05, 4.69) is 32.0 Å². The minimum absolute atomic E-state index is 0.00135. The van der Waals surface area contributed by atoms with Crippen LogP contribution in [0.2, 0.25) is 0 Å². The number of phenolic OH excluding ortho intramolecular Hbond substituents is 2. The molecule has 36 heavy (non-hydrogen) atoms. The number of rotatable bonds is 13. The van der Waals surface area contributed by atoms with Gasteiger partial charge in [0.15, 0.2) is 0 Å². The molecule has 200 valence electrons. The number of alkyl halides is 1. The van der Waals surface area contributed by atoms with Gasteiger partial charge in [-0.05, 0) is 60.1 Å². The van der Waals surface area contributed by atoms with Crippen LogP contribution in [0.4, 0.5) is 4.39 Å². The maximum absolute atomic E-state index is 12.4. The van der Waals surface area contributed by atoms with Crippen LogP contribution < -0.4 is 0 Å². The van der Waals surface area contributed by atoms with Crippen LogP contribution in [0.25, 0.3) is 0 Å². The molecule has 0 saturated heterocycles. The van der Waals surface area contributed by atoms with Crippen LogP contribution in [0, 0.1) is 5.92 Å². The lowest BCUT2D eigenvalue weighted by atomic mass is 9.68. The van der Waals surface area contributed by atoms with Crippen LogP contribution >= 0.6 is 11.8 Å². The molecular weight excluding hydrogens is 467 g/mol. The SMILES string of the molecule is C1CC1.CC(CCF)CCCCCCCCCC1c2ccc(O)cc2SC[C@]1(C)c1ccc(O)cc1. The Balaban J connectivity index is 0.00000112. The lowest BCUT2D eigenvalue weighted by Gasteiger charge is -2.43.